The van der Waals surface area contributed by atoms with Crippen LogP contribution >= 0.6 is 0 Å². The zero-order valence-electron chi connectivity index (χ0n) is 14.3. The third-order valence-corrected chi connectivity index (χ3v) is 2.94. The summed E-state index contributed by atoms with van der Waals surface area (Å²) < 4.78 is 5.16. The van der Waals surface area contributed by atoms with Crippen LogP contribution in [0.5, 0.6) is 0 Å². The number of alkyl carbamates (subject to hydrolysis) is 1. The summed E-state index contributed by atoms with van der Waals surface area (Å²) in [5, 5.41) is 11.5. The summed E-state index contributed by atoms with van der Waals surface area (Å²) in [4.78, 5) is 11.5. The van der Waals surface area contributed by atoms with Gasteiger partial charge in [-0.1, -0.05) is 24.0 Å². The molecule has 1 aromatic carbocycles. The number of carbonyl (C=O) groups excluding carboxylic acids is 1. The molecule has 4 nitrogen and oxygen atoms in total. The van der Waals surface area contributed by atoms with E-state index >= 15 is 0 Å². The molecule has 0 spiro atoms. The van der Waals surface area contributed by atoms with Crippen LogP contribution in [-0.4, -0.2) is 30.0 Å². The van der Waals surface area contributed by atoms with Gasteiger partial charge in [0.15, 0.2) is 0 Å². The molecule has 0 aromatic heterocycles. The van der Waals surface area contributed by atoms with Crippen LogP contribution in [0.2, 0.25) is 0 Å². The maximum atomic E-state index is 11.5. The number of aliphatic hydroxyl groups is 1. The molecule has 1 rings (SSSR count). The van der Waals surface area contributed by atoms with Crippen LogP contribution in [0, 0.1) is 11.8 Å². The lowest BCUT2D eigenvalue weighted by molar-refractivity contribution is 0.136. The maximum absolute atomic E-state index is 11.5. The van der Waals surface area contributed by atoms with Crippen molar-refractivity contribution in [2.24, 2.45) is 0 Å². The van der Waals surface area contributed by atoms with E-state index in [1.165, 1.54) is 5.56 Å². The zero-order chi connectivity index (χ0) is 17.1. The molecule has 23 heavy (non-hydrogen) atoms. The molecule has 1 amide bonds. The van der Waals surface area contributed by atoms with Gasteiger partial charge in [-0.25, -0.2) is 4.79 Å². The van der Waals surface area contributed by atoms with Crippen LogP contribution in [-0.2, 0) is 11.2 Å². The van der Waals surface area contributed by atoms with Gasteiger partial charge in [0.05, 0.1) is 6.61 Å². The number of rotatable bonds is 6. The van der Waals surface area contributed by atoms with Crippen LogP contribution in [0.15, 0.2) is 24.3 Å². The van der Waals surface area contributed by atoms with Gasteiger partial charge in [-0.15, -0.1) is 0 Å². The van der Waals surface area contributed by atoms with Crippen molar-refractivity contribution in [3.8, 4) is 11.8 Å². The minimum atomic E-state index is -0.374. The lowest BCUT2D eigenvalue weighted by Crippen LogP contribution is -2.41. The quantitative estimate of drug-likeness (QED) is 0.625. The van der Waals surface area contributed by atoms with Gasteiger partial charge in [0.25, 0.3) is 0 Å². The Balaban J connectivity index is 2.35. The van der Waals surface area contributed by atoms with Crippen molar-refractivity contribution in [3.63, 3.8) is 0 Å². The molecule has 0 heterocycles. The topological polar surface area (TPSA) is 58.6 Å². The highest BCUT2D eigenvalue weighted by Crippen LogP contribution is 2.07. The molecule has 1 aromatic rings. The summed E-state index contributed by atoms with van der Waals surface area (Å²) in [7, 11) is 0. The molecule has 0 aliphatic carbocycles. The first kappa shape index (κ1) is 19.1. The Labute approximate surface area is 139 Å². The molecule has 0 bridgehead atoms. The molecule has 0 unspecified atom stereocenters. The van der Waals surface area contributed by atoms with E-state index in [1.807, 2.05) is 39.0 Å². The summed E-state index contributed by atoms with van der Waals surface area (Å²) in [5.74, 6) is 6.14. The minimum Gasteiger partial charge on any atom is -0.450 e. The fourth-order valence-corrected chi connectivity index (χ4v) is 1.92. The van der Waals surface area contributed by atoms with Gasteiger partial charge >= 0.3 is 6.09 Å². The standard InChI is InChI=1S/C19H27NO3/c1-19(2,3)20-18(22)23-14-8-12-17-11-7-10-16(15-17)9-5-4-6-13-21/h7,10-11,15,21H,4,6,8,12-14H2,1-3H3,(H,20,22). The molecule has 0 aliphatic rings. The van der Waals surface area contributed by atoms with E-state index in [0.29, 0.717) is 19.4 Å². The van der Waals surface area contributed by atoms with Crippen LogP contribution in [0.3, 0.4) is 0 Å². The normalized spacial score (nSPS) is 10.6. The first-order valence-electron chi connectivity index (χ1n) is 8.04. The monoisotopic (exact) mass is 317 g/mol. The SMILES string of the molecule is CC(C)(C)NC(=O)OCCCc1cccc(C#CCCCO)c1. The number of nitrogens with one attached hydrogen (secondary N) is 1. The van der Waals surface area contributed by atoms with E-state index < -0.39 is 0 Å². The Bertz CT molecular complexity index is 550. The molecule has 0 atom stereocenters. The predicted octanol–water partition coefficient (Wildman–Crippen LogP) is 3.27. The summed E-state index contributed by atoms with van der Waals surface area (Å²) in [5.41, 5.74) is 1.88. The second kappa shape index (κ2) is 9.91. The fourth-order valence-electron chi connectivity index (χ4n) is 1.92. The Kier molecular flexibility index (Phi) is 8.21. The third kappa shape index (κ3) is 9.59. The van der Waals surface area contributed by atoms with Crippen molar-refractivity contribution < 1.29 is 14.6 Å². The summed E-state index contributed by atoms with van der Waals surface area (Å²) in [6, 6.07) is 8.07. The van der Waals surface area contributed by atoms with Gasteiger partial charge in [0.1, 0.15) is 0 Å². The number of carbonyl (C=O) groups is 1. The third-order valence-electron chi connectivity index (χ3n) is 2.94. The smallest absolute Gasteiger partial charge is 0.407 e. The van der Waals surface area contributed by atoms with Gasteiger partial charge in [-0.3, -0.25) is 0 Å². The molecular formula is C19H27NO3. The van der Waals surface area contributed by atoms with Crippen LogP contribution in [0.4, 0.5) is 4.79 Å². The van der Waals surface area contributed by atoms with Crippen molar-refractivity contribution >= 4 is 6.09 Å². The van der Waals surface area contributed by atoms with E-state index in [9.17, 15) is 4.79 Å². The van der Waals surface area contributed by atoms with E-state index in [1.54, 1.807) is 0 Å². The number of aliphatic hydroxyl groups excluding tert-OH is 1. The molecule has 0 saturated heterocycles. The predicted molar refractivity (Wildman–Crippen MR) is 92.2 cm³/mol. The Morgan fingerprint density at radius 1 is 1.30 bits per heavy atom. The molecular weight excluding hydrogens is 290 g/mol. The molecule has 4 heteroatoms. The second-order valence-electron chi connectivity index (χ2n) is 6.44. The van der Waals surface area contributed by atoms with Crippen molar-refractivity contribution in [1.29, 1.82) is 0 Å². The van der Waals surface area contributed by atoms with Gasteiger partial charge in [-0.05, 0) is 57.7 Å². The highest BCUT2D eigenvalue weighted by molar-refractivity contribution is 5.68. The number of amides is 1. The van der Waals surface area contributed by atoms with Gasteiger partial charge in [-0.2, -0.15) is 0 Å². The molecule has 0 fully saturated rings. The van der Waals surface area contributed by atoms with E-state index in [4.69, 9.17) is 9.84 Å². The van der Waals surface area contributed by atoms with E-state index in [2.05, 4.69) is 23.2 Å². The number of hydrogen-bond acceptors (Lipinski definition) is 3. The molecule has 0 radical (unpaired) electrons. The lowest BCUT2D eigenvalue weighted by Gasteiger charge is -2.19. The minimum absolute atomic E-state index is 0.178. The fraction of sp³-hybridized carbons (Fsp3) is 0.526. The van der Waals surface area contributed by atoms with Crippen LogP contribution in [0.1, 0.15) is 51.2 Å². The molecule has 2 N–H and O–H groups in total. The summed E-state index contributed by atoms with van der Waals surface area (Å²) in [6.07, 6.45) is 2.66. The number of ether oxygens (including phenoxy) is 1. The molecule has 0 saturated carbocycles. The second-order valence-corrected chi connectivity index (χ2v) is 6.44. The van der Waals surface area contributed by atoms with Crippen molar-refractivity contribution in [2.75, 3.05) is 13.2 Å². The summed E-state index contributed by atoms with van der Waals surface area (Å²) >= 11 is 0. The first-order chi connectivity index (χ1) is 10.9. The largest absolute Gasteiger partial charge is 0.450 e. The highest BCUT2D eigenvalue weighted by Gasteiger charge is 2.14. The van der Waals surface area contributed by atoms with Crippen LogP contribution in [0.25, 0.3) is 0 Å². The average molecular weight is 317 g/mol. The molecule has 0 aliphatic heterocycles. The van der Waals surface area contributed by atoms with Gasteiger partial charge in [0.2, 0.25) is 0 Å². The van der Waals surface area contributed by atoms with E-state index in [0.717, 1.165) is 18.4 Å². The van der Waals surface area contributed by atoms with Crippen LogP contribution < -0.4 is 5.32 Å². The summed E-state index contributed by atoms with van der Waals surface area (Å²) in [6.45, 7) is 6.33. The van der Waals surface area contributed by atoms with E-state index in [-0.39, 0.29) is 18.2 Å². The van der Waals surface area contributed by atoms with Crippen molar-refractivity contribution in [3.05, 3.63) is 35.4 Å². The first-order valence-corrected chi connectivity index (χ1v) is 8.04. The lowest BCUT2D eigenvalue weighted by atomic mass is 10.1. The number of hydrogen-bond donors (Lipinski definition) is 2. The zero-order valence-corrected chi connectivity index (χ0v) is 14.3. The van der Waals surface area contributed by atoms with Crippen molar-refractivity contribution in [2.45, 2.75) is 52.0 Å². The Hall–Kier alpha value is -1.99. The molecule has 126 valence electrons. The van der Waals surface area contributed by atoms with Gasteiger partial charge in [0, 0.05) is 24.1 Å². The Morgan fingerprint density at radius 3 is 2.78 bits per heavy atom. The maximum Gasteiger partial charge on any atom is 0.407 e. The van der Waals surface area contributed by atoms with Gasteiger partial charge < -0.3 is 15.2 Å². The Morgan fingerprint density at radius 2 is 2.09 bits per heavy atom. The number of aryl methyl sites for hydroxylation is 1. The highest BCUT2D eigenvalue weighted by atomic mass is 16.5. The average Bonchev–Trinajstić information content (AvgIpc) is 2.47. The number of benzene rings is 1. The number of unbranched alkanes of at least 4 members (excludes halogenated alkanes) is 1. The van der Waals surface area contributed by atoms with Crippen molar-refractivity contribution in [1.82, 2.24) is 5.32 Å².